The van der Waals surface area contributed by atoms with E-state index in [2.05, 4.69) is 72.9 Å². The minimum Gasteiger partial charge on any atom is -0.449 e. The smallest absolute Gasteiger partial charge is 0.407 e. The SMILES string of the molecule is Cc1ccc(C(OC(=O)CCCCCCCCCCCCCCNC(=O)OCC2c3ccccc3-c3ccccc32)(c2ccccc2)c2ccccc2Cl)cc1. The van der Waals surface area contributed by atoms with E-state index in [0.29, 0.717) is 24.6 Å². The Morgan fingerprint density at radius 3 is 1.70 bits per heavy atom. The van der Waals surface area contributed by atoms with E-state index >= 15 is 0 Å². The molecular formula is C50H56ClNO4. The van der Waals surface area contributed by atoms with Crippen LogP contribution in [-0.2, 0) is 19.9 Å². The van der Waals surface area contributed by atoms with Crippen molar-refractivity contribution in [2.24, 2.45) is 0 Å². The summed E-state index contributed by atoms with van der Waals surface area (Å²) >= 11 is 6.81. The predicted octanol–water partition coefficient (Wildman–Crippen LogP) is 13.1. The summed E-state index contributed by atoms with van der Waals surface area (Å²) in [5.74, 6) is -0.135. The molecule has 1 amide bonds. The zero-order valence-corrected chi connectivity index (χ0v) is 33.6. The molecule has 0 fully saturated rings. The lowest BCUT2D eigenvalue weighted by atomic mass is 9.79. The number of amides is 1. The highest BCUT2D eigenvalue weighted by Gasteiger charge is 2.42. The number of nitrogens with one attached hydrogen (secondary N) is 1. The lowest BCUT2D eigenvalue weighted by Gasteiger charge is -2.36. The molecule has 1 aliphatic carbocycles. The molecule has 1 atom stereocenters. The van der Waals surface area contributed by atoms with Crippen LogP contribution in [0.2, 0.25) is 5.02 Å². The van der Waals surface area contributed by atoms with E-state index in [4.69, 9.17) is 21.1 Å². The van der Waals surface area contributed by atoms with Crippen molar-refractivity contribution in [1.29, 1.82) is 0 Å². The second kappa shape index (κ2) is 20.9. The molecule has 6 rings (SSSR count). The van der Waals surface area contributed by atoms with Crippen LogP contribution in [0.4, 0.5) is 4.79 Å². The summed E-state index contributed by atoms with van der Waals surface area (Å²) in [5, 5.41) is 3.50. The van der Waals surface area contributed by atoms with Crippen LogP contribution in [0.3, 0.4) is 0 Å². The highest BCUT2D eigenvalue weighted by Crippen LogP contribution is 2.45. The maximum atomic E-state index is 13.6. The number of esters is 1. The lowest BCUT2D eigenvalue weighted by Crippen LogP contribution is -2.35. The number of carbonyl (C=O) groups is 2. The second-order valence-corrected chi connectivity index (χ2v) is 15.5. The van der Waals surface area contributed by atoms with Crippen LogP contribution in [0.15, 0.2) is 127 Å². The first-order valence-corrected chi connectivity index (χ1v) is 21.0. The molecule has 5 nitrogen and oxygen atoms in total. The summed E-state index contributed by atoms with van der Waals surface area (Å²) in [6, 6.07) is 42.5. The number of rotatable bonds is 21. The number of alkyl carbamates (subject to hydrolysis) is 1. The molecule has 0 radical (unpaired) electrons. The molecule has 1 unspecified atom stereocenters. The van der Waals surface area contributed by atoms with Gasteiger partial charge in [0.05, 0.1) is 0 Å². The third kappa shape index (κ3) is 10.5. The van der Waals surface area contributed by atoms with E-state index < -0.39 is 5.60 Å². The number of hydrogen-bond acceptors (Lipinski definition) is 4. The molecular weight excluding hydrogens is 714 g/mol. The minimum absolute atomic E-state index is 0.0853. The molecule has 0 bridgehead atoms. The van der Waals surface area contributed by atoms with Gasteiger partial charge in [-0.2, -0.15) is 0 Å². The van der Waals surface area contributed by atoms with E-state index in [9.17, 15) is 9.59 Å². The molecule has 292 valence electrons. The van der Waals surface area contributed by atoms with Crippen LogP contribution in [0.25, 0.3) is 11.1 Å². The Bertz CT molecular complexity index is 1950. The summed E-state index contributed by atoms with van der Waals surface area (Å²) in [4.78, 5) is 26.0. The molecule has 6 heteroatoms. The Balaban J connectivity index is 0.815. The van der Waals surface area contributed by atoms with Crippen molar-refractivity contribution in [2.75, 3.05) is 13.2 Å². The third-order valence-corrected chi connectivity index (χ3v) is 11.4. The molecule has 0 heterocycles. The molecule has 0 saturated heterocycles. The van der Waals surface area contributed by atoms with Gasteiger partial charge in [-0.25, -0.2) is 4.79 Å². The fourth-order valence-corrected chi connectivity index (χ4v) is 8.35. The number of unbranched alkanes of at least 4 members (excludes halogenated alkanes) is 11. The van der Waals surface area contributed by atoms with Crippen molar-refractivity contribution in [3.63, 3.8) is 0 Å². The lowest BCUT2D eigenvalue weighted by molar-refractivity contribution is -0.153. The van der Waals surface area contributed by atoms with Crippen LogP contribution in [-0.4, -0.2) is 25.2 Å². The highest BCUT2D eigenvalue weighted by molar-refractivity contribution is 6.31. The maximum absolute atomic E-state index is 13.6. The molecule has 1 aliphatic rings. The molecule has 0 aliphatic heterocycles. The average molecular weight is 770 g/mol. The van der Waals surface area contributed by atoms with Gasteiger partial charge in [0.2, 0.25) is 0 Å². The molecule has 5 aromatic carbocycles. The summed E-state index contributed by atoms with van der Waals surface area (Å²) in [6.45, 7) is 3.05. The first kappa shape index (κ1) is 40.8. The molecule has 1 N–H and O–H groups in total. The Morgan fingerprint density at radius 2 is 1.09 bits per heavy atom. The van der Waals surface area contributed by atoms with Gasteiger partial charge in [-0.1, -0.05) is 203 Å². The van der Waals surface area contributed by atoms with Crippen molar-refractivity contribution in [3.8, 4) is 11.1 Å². The first-order valence-electron chi connectivity index (χ1n) is 20.7. The number of aryl methyl sites for hydroxylation is 1. The number of ether oxygens (including phenoxy) is 2. The van der Waals surface area contributed by atoms with Gasteiger partial charge in [-0.3, -0.25) is 4.79 Å². The monoisotopic (exact) mass is 769 g/mol. The third-order valence-electron chi connectivity index (χ3n) is 11.1. The number of carbonyl (C=O) groups excluding carboxylic acids is 2. The van der Waals surface area contributed by atoms with Gasteiger partial charge in [-0.15, -0.1) is 0 Å². The standard InChI is InChI=1S/C50H56ClNO4/c1-38-32-34-40(35-33-38)50(39-23-13-12-14-24-39,46-29-20-21-30-47(46)51)56-48(53)31-15-10-8-6-4-2-3-5-7-9-11-22-36-52-49(54)55-37-45-43-27-18-16-25-41(43)42-26-17-19-28-44(42)45/h12-14,16-21,23-30,32-35,45H,2-11,15,22,31,36-37H2,1H3,(H,52,54). The molecule has 0 spiro atoms. The zero-order chi connectivity index (χ0) is 39.0. The number of hydrogen-bond donors (Lipinski definition) is 1. The van der Waals surface area contributed by atoms with Crippen molar-refractivity contribution >= 4 is 23.7 Å². The summed E-state index contributed by atoms with van der Waals surface area (Å²) in [5.41, 5.74) is 7.42. The van der Waals surface area contributed by atoms with Crippen molar-refractivity contribution in [2.45, 2.75) is 102 Å². The Labute approximate surface area is 338 Å². The quantitative estimate of drug-likeness (QED) is 0.0458. The molecule has 0 saturated carbocycles. The minimum atomic E-state index is -1.15. The Morgan fingerprint density at radius 1 is 0.589 bits per heavy atom. The van der Waals surface area contributed by atoms with E-state index in [-0.39, 0.29) is 18.0 Å². The van der Waals surface area contributed by atoms with Crippen LogP contribution in [0.5, 0.6) is 0 Å². The molecule has 56 heavy (non-hydrogen) atoms. The van der Waals surface area contributed by atoms with E-state index in [1.54, 1.807) is 0 Å². The highest BCUT2D eigenvalue weighted by atomic mass is 35.5. The fraction of sp³-hybridized carbons (Fsp3) is 0.360. The van der Waals surface area contributed by atoms with E-state index in [1.165, 1.54) is 67.2 Å². The van der Waals surface area contributed by atoms with Gasteiger partial charge in [0, 0.05) is 40.6 Å². The zero-order valence-electron chi connectivity index (χ0n) is 32.8. The van der Waals surface area contributed by atoms with Gasteiger partial charge in [0.25, 0.3) is 0 Å². The van der Waals surface area contributed by atoms with Crippen molar-refractivity contribution in [1.82, 2.24) is 5.32 Å². The van der Waals surface area contributed by atoms with Crippen molar-refractivity contribution < 1.29 is 19.1 Å². The predicted molar refractivity (Wildman–Crippen MR) is 228 cm³/mol. The number of halogens is 1. The fourth-order valence-electron chi connectivity index (χ4n) is 8.08. The van der Waals surface area contributed by atoms with Gasteiger partial charge >= 0.3 is 12.1 Å². The van der Waals surface area contributed by atoms with Gasteiger partial charge in [0.15, 0.2) is 5.60 Å². The summed E-state index contributed by atoms with van der Waals surface area (Å²) < 4.78 is 12.2. The van der Waals surface area contributed by atoms with Gasteiger partial charge < -0.3 is 14.8 Å². The van der Waals surface area contributed by atoms with Gasteiger partial charge in [-0.05, 0) is 48.1 Å². The summed E-state index contributed by atoms with van der Waals surface area (Å²) in [7, 11) is 0. The maximum Gasteiger partial charge on any atom is 0.407 e. The van der Waals surface area contributed by atoms with Crippen LogP contribution in [0, 0.1) is 6.92 Å². The largest absolute Gasteiger partial charge is 0.449 e. The average Bonchev–Trinajstić information content (AvgIpc) is 3.55. The van der Waals surface area contributed by atoms with E-state index in [1.807, 2.05) is 66.7 Å². The molecule has 0 aromatic heterocycles. The molecule has 5 aromatic rings. The van der Waals surface area contributed by atoms with Crippen molar-refractivity contribution in [3.05, 3.63) is 166 Å². The van der Waals surface area contributed by atoms with Crippen LogP contribution in [0.1, 0.15) is 123 Å². The second-order valence-electron chi connectivity index (χ2n) is 15.1. The normalized spacial score (nSPS) is 13.0. The van der Waals surface area contributed by atoms with Gasteiger partial charge in [0.1, 0.15) is 6.61 Å². The number of benzene rings is 5. The number of fused-ring (bicyclic) bond motifs is 3. The first-order chi connectivity index (χ1) is 27.5. The van der Waals surface area contributed by atoms with Crippen LogP contribution < -0.4 is 5.32 Å². The van der Waals surface area contributed by atoms with Crippen LogP contribution >= 0.6 is 11.6 Å². The Hall–Kier alpha value is -4.87. The van der Waals surface area contributed by atoms with E-state index in [0.717, 1.165) is 54.4 Å². The topological polar surface area (TPSA) is 64.6 Å². The Kier molecular flexibility index (Phi) is 15.2. The summed E-state index contributed by atoms with van der Waals surface area (Å²) in [6.07, 6.45) is 13.6.